The van der Waals surface area contributed by atoms with E-state index in [9.17, 15) is 18.3 Å². The quantitative estimate of drug-likeness (QED) is 0.330. The van der Waals surface area contributed by atoms with Crippen molar-refractivity contribution < 1.29 is 23.1 Å². The van der Waals surface area contributed by atoms with E-state index < -0.39 is 10.0 Å². The van der Waals surface area contributed by atoms with E-state index in [-0.39, 0.29) is 28.2 Å². The van der Waals surface area contributed by atoms with Crippen LogP contribution in [0, 0.1) is 13.8 Å². The lowest BCUT2D eigenvalue weighted by Gasteiger charge is -2.32. The number of nitrogens with one attached hydrogen (secondary N) is 1. The summed E-state index contributed by atoms with van der Waals surface area (Å²) in [5, 5.41) is 13.6. The number of hydrogen-bond acceptors (Lipinski definition) is 8. The third-order valence-electron chi connectivity index (χ3n) is 6.11. The fourth-order valence-corrected chi connectivity index (χ4v) is 5.06. The molecule has 1 amide bonds. The maximum absolute atomic E-state index is 13.2. The Labute approximate surface area is 224 Å². The Bertz CT molecular complexity index is 1350. The first kappa shape index (κ1) is 29.0. The summed E-state index contributed by atoms with van der Waals surface area (Å²) in [5.74, 6) is -0.994. The summed E-state index contributed by atoms with van der Waals surface area (Å²) in [7, 11) is -0.915. The number of amides is 1. The van der Waals surface area contributed by atoms with Crippen molar-refractivity contribution in [1.29, 1.82) is 0 Å². The first-order valence-electron chi connectivity index (χ1n) is 12.4. The zero-order chi connectivity index (χ0) is 27.9. The number of carbonyl (C=O) groups is 1. The average molecular weight is 542 g/mol. The number of unbranched alkanes of at least 4 members (excludes halogenated alkanes) is 1. The molecule has 11 heteroatoms. The number of sulfonamides is 1. The zero-order valence-electron chi connectivity index (χ0n) is 22.4. The molecule has 2 aromatic carbocycles. The Morgan fingerprint density at radius 1 is 1.05 bits per heavy atom. The molecule has 0 saturated heterocycles. The molecule has 0 aliphatic rings. The molecule has 0 saturated carbocycles. The number of rotatable bonds is 12. The summed E-state index contributed by atoms with van der Waals surface area (Å²) < 4.78 is 34.0. The minimum absolute atomic E-state index is 0.130. The van der Waals surface area contributed by atoms with E-state index in [1.54, 1.807) is 20.2 Å². The molecule has 2 N–H and O–H groups in total. The fourth-order valence-electron chi connectivity index (χ4n) is 4.07. The van der Waals surface area contributed by atoms with Gasteiger partial charge in [0, 0.05) is 44.4 Å². The maximum Gasteiger partial charge on any atom is 0.267 e. The van der Waals surface area contributed by atoms with Crippen molar-refractivity contribution in [2.45, 2.75) is 38.5 Å². The van der Waals surface area contributed by atoms with Crippen molar-refractivity contribution in [2.75, 3.05) is 38.6 Å². The van der Waals surface area contributed by atoms with Crippen molar-refractivity contribution in [3.8, 4) is 17.1 Å². The zero-order valence-corrected chi connectivity index (χ0v) is 23.2. The second kappa shape index (κ2) is 12.8. The van der Waals surface area contributed by atoms with Crippen LogP contribution in [-0.4, -0.2) is 73.3 Å². The molecule has 204 valence electrons. The van der Waals surface area contributed by atoms with Gasteiger partial charge in [0.05, 0.1) is 17.2 Å². The fraction of sp³-hybridized carbons (Fsp3) is 0.370. The molecule has 3 rings (SSSR count). The van der Waals surface area contributed by atoms with E-state index in [1.165, 1.54) is 29.3 Å². The minimum atomic E-state index is -4.17. The highest BCUT2D eigenvalue weighted by Gasteiger charge is 2.23. The van der Waals surface area contributed by atoms with Gasteiger partial charge < -0.3 is 9.84 Å². The predicted molar refractivity (Wildman–Crippen MR) is 146 cm³/mol. The molecule has 3 aromatic rings. The lowest BCUT2D eigenvalue weighted by Crippen LogP contribution is -2.46. The normalized spacial score (nSPS) is 11.5. The van der Waals surface area contributed by atoms with Gasteiger partial charge in [-0.25, -0.2) is 23.1 Å². The monoisotopic (exact) mass is 541 g/mol. The molecule has 0 fully saturated rings. The number of nitrogens with zero attached hydrogens (tertiary/aromatic N) is 4. The number of aromatic hydroxyl groups is 1. The van der Waals surface area contributed by atoms with Crippen LogP contribution < -0.4 is 4.72 Å². The first-order valence-corrected chi connectivity index (χ1v) is 13.8. The second-order valence-corrected chi connectivity index (χ2v) is 10.6. The lowest BCUT2D eigenvalue weighted by atomic mass is 10.00. The molecule has 0 aliphatic carbocycles. The number of methoxy groups -OCH3 is 1. The molecule has 0 unspecified atom stereocenters. The molecule has 0 spiro atoms. The van der Waals surface area contributed by atoms with E-state index in [4.69, 9.17) is 4.74 Å². The number of aryl methyl sites for hydroxylation is 2. The van der Waals surface area contributed by atoms with E-state index in [0.29, 0.717) is 25.4 Å². The SMILES string of the molecule is CCCCN(CCOC)N(C)C(=O)c1cccc(S(=O)(=O)Nc2nc(O)cc(-c3c(C)cccc3C)n2)c1. The number of ether oxygens (including phenoxy) is 1. The van der Waals surface area contributed by atoms with Crippen LogP contribution in [0.4, 0.5) is 5.95 Å². The Balaban J connectivity index is 1.88. The van der Waals surface area contributed by atoms with Crippen molar-refractivity contribution >= 4 is 21.9 Å². The molecule has 10 nitrogen and oxygen atoms in total. The van der Waals surface area contributed by atoms with Gasteiger partial charge in [-0.15, -0.1) is 0 Å². The number of carbonyl (C=O) groups excluding carboxylic acids is 1. The second-order valence-electron chi connectivity index (χ2n) is 8.96. The number of anilines is 1. The highest BCUT2D eigenvalue weighted by Crippen LogP contribution is 2.29. The third kappa shape index (κ3) is 7.06. The van der Waals surface area contributed by atoms with Crippen LogP contribution in [0.3, 0.4) is 0 Å². The van der Waals surface area contributed by atoms with Crippen LogP contribution in [0.1, 0.15) is 41.3 Å². The van der Waals surface area contributed by atoms with Gasteiger partial charge in [-0.1, -0.05) is 37.6 Å². The van der Waals surface area contributed by atoms with Crippen LogP contribution in [0.25, 0.3) is 11.3 Å². The van der Waals surface area contributed by atoms with Gasteiger partial charge in [0.15, 0.2) is 0 Å². The van der Waals surface area contributed by atoms with Crippen LogP contribution in [-0.2, 0) is 14.8 Å². The van der Waals surface area contributed by atoms with Crippen LogP contribution >= 0.6 is 0 Å². The van der Waals surface area contributed by atoms with Gasteiger partial charge in [-0.3, -0.25) is 9.80 Å². The van der Waals surface area contributed by atoms with Crippen molar-refractivity contribution in [3.63, 3.8) is 0 Å². The number of hydrogen-bond donors (Lipinski definition) is 2. The number of benzene rings is 2. The Hall–Kier alpha value is -3.54. The van der Waals surface area contributed by atoms with Crippen molar-refractivity contribution in [1.82, 2.24) is 20.0 Å². The Morgan fingerprint density at radius 2 is 1.74 bits per heavy atom. The highest BCUT2D eigenvalue weighted by atomic mass is 32.2. The van der Waals surface area contributed by atoms with E-state index in [1.807, 2.05) is 37.1 Å². The van der Waals surface area contributed by atoms with Crippen LogP contribution in [0.2, 0.25) is 0 Å². The minimum Gasteiger partial charge on any atom is -0.493 e. The molecule has 0 aliphatic heterocycles. The van der Waals surface area contributed by atoms with E-state index >= 15 is 0 Å². The molecular formula is C27H35N5O5S. The summed E-state index contributed by atoms with van der Waals surface area (Å²) in [4.78, 5) is 21.3. The molecule has 1 heterocycles. The predicted octanol–water partition coefficient (Wildman–Crippen LogP) is 4.00. The summed E-state index contributed by atoms with van der Waals surface area (Å²) in [6.45, 7) is 7.52. The Kier molecular flexibility index (Phi) is 9.78. The van der Waals surface area contributed by atoms with E-state index in [0.717, 1.165) is 29.5 Å². The molecule has 38 heavy (non-hydrogen) atoms. The van der Waals surface area contributed by atoms with Gasteiger partial charge in [0.1, 0.15) is 0 Å². The number of hydrazine groups is 1. The first-order chi connectivity index (χ1) is 18.1. The van der Waals surface area contributed by atoms with Gasteiger partial charge in [0.2, 0.25) is 11.8 Å². The lowest BCUT2D eigenvalue weighted by molar-refractivity contribution is -0.00778. The smallest absolute Gasteiger partial charge is 0.267 e. The van der Waals surface area contributed by atoms with Crippen LogP contribution in [0.15, 0.2) is 53.4 Å². The van der Waals surface area contributed by atoms with Gasteiger partial charge in [-0.2, -0.15) is 4.98 Å². The summed E-state index contributed by atoms with van der Waals surface area (Å²) in [5.41, 5.74) is 3.22. The Morgan fingerprint density at radius 3 is 2.39 bits per heavy atom. The molecule has 0 bridgehead atoms. The summed E-state index contributed by atoms with van der Waals surface area (Å²) in [6, 6.07) is 12.9. The van der Waals surface area contributed by atoms with Crippen molar-refractivity contribution in [2.24, 2.45) is 0 Å². The van der Waals surface area contributed by atoms with E-state index in [2.05, 4.69) is 21.6 Å². The molecule has 0 atom stereocenters. The van der Waals surface area contributed by atoms with Gasteiger partial charge >= 0.3 is 0 Å². The summed E-state index contributed by atoms with van der Waals surface area (Å²) >= 11 is 0. The largest absolute Gasteiger partial charge is 0.493 e. The number of aromatic nitrogens is 2. The summed E-state index contributed by atoms with van der Waals surface area (Å²) in [6.07, 6.45) is 1.86. The van der Waals surface area contributed by atoms with Gasteiger partial charge in [0.25, 0.3) is 15.9 Å². The average Bonchev–Trinajstić information content (AvgIpc) is 2.87. The molecule has 1 aromatic heterocycles. The molecular weight excluding hydrogens is 506 g/mol. The van der Waals surface area contributed by atoms with Crippen molar-refractivity contribution in [3.05, 3.63) is 65.2 Å². The third-order valence-corrected chi connectivity index (χ3v) is 7.43. The maximum atomic E-state index is 13.2. The highest BCUT2D eigenvalue weighted by molar-refractivity contribution is 7.92. The van der Waals surface area contributed by atoms with Gasteiger partial charge in [-0.05, 0) is 49.6 Å². The topological polar surface area (TPSA) is 125 Å². The standard InChI is InChI=1S/C27H35N5O5S/c1-6-7-14-32(15-16-37-5)31(4)26(34)21-12-9-13-22(17-21)38(35,36)30-27-28-23(18-24(33)29-27)25-19(2)10-8-11-20(25)3/h8-13,17-18H,6-7,14-16H2,1-5H3,(H2,28,29,30,33). The molecule has 0 radical (unpaired) electrons. The van der Waals surface area contributed by atoms with Crippen LogP contribution in [0.5, 0.6) is 5.88 Å².